The summed E-state index contributed by atoms with van der Waals surface area (Å²) in [6.45, 7) is 0. The lowest BCUT2D eigenvalue weighted by molar-refractivity contribution is 0.102. The molecule has 1 N–H and O–H groups in total. The highest BCUT2D eigenvalue weighted by molar-refractivity contribution is 6.52. The Hall–Kier alpha value is -0.420. The van der Waals surface area contributed by atoms with Crippen LogP contribution >= 0.6 is 69.6 Å². The number of hydrogen-bond acceptors (Lipinski definition) is 2. The summed E-state index contributed by atoms with van der Waals surface area (Å²) >= 11 is 35.2. The highest BCUT2D eigenvalue weighted by Gasteiger charge is 2.21. The van der Waals surface area contributed by atoms with E-state index in [1.807, 2.05) is 0 Å². The quantitative estimate of drug-likeness (QED) is 0.600. The topological polar surface area (TPSA) is 42.0 Å². The fraction of sp³-hybridized carbons (Fsp3) is 0. The molecule has 0 aliphatic carbocycles. The van der Waals surface area contributed by atoms with Crippen LogP contribution in [0.1, 0.15) is 10.5 Å². The largest absolute Gasteiger partial charge is 0.319 e. The number of carbonyl (C=O) groups is 1. The zero-order valence-electron chi connectivity index (χ0n) is 9.86. The Labute approximate surface area is 150 Å². The van der Waals surface area contributed by atoms with Crippen molar-refractivity contribution in [3.8, 4) is 0 Å². The molecule has 0 bridgehead atoms. The fourth-order valence-corrected chi connectivity index (χ4v) is 2.58. The van der Waals surface area contributed by atoms with Crippen molar-refractivity contribution in [2.45, 2.75) is 0 Å². The molecule has 110 valence electrons. The van der Waals surface area contributed by atoms with E-state index in [1.54, 1.807) is 18.2 Å². The van der Waals surface area contributed by atoms with Crippen molar-refractivity contribution in [3.05, 3.63) is 54.2 Å². The van der Waals surface area contributed by atoms with Crippen LogP contribution in [0.15, 0.2) is 18.2 Å². The van der Waals surface area contributed by atoms with Crippen LogP contribution in [0.5, 0.6) is 0 Å². The van der Waals surface area contributed by atoms with Gasteiger partial charge in [-0.05, 0) is 12.1 Å². The number of halogens is 6. The molecule has 1 aromatic heterocycles. The summed E-state index contributed by atoms with van der Waals surface area (Å²) in [6, 6.07) is 4.78. The Morgan fingerprint density at radius 1 is 0.905 bits per heavy atom. The van der Waals surface area contributed by atoms with Crippen molar-refractivity contribution >= 4 is 81.2 Å². The van der Waals surface area contributed by atoms with Gasteiger partial charge in [0.25, 0.3) is 5.91 Å². The third-order valence-electron chi connectivity index (χ3n) is 2.40. The Morgan fingerprint density at radius 3 is 2.24 bits per heavy atom. The first kappa shape index (κ1) is 16.9. The average molecular weight is 405 g/mol. The van der Waals surface area contributed by atoms with Crippen LogP contribution in [0.3, 0.4) is 0 Å². The second-order valence-corrected chi connectivity index (χ2v) is 6.03. The summed E-state index contributed by atoms with van der Waals surface area (Å²) in [5, 5.41) is 2.68. The number of aromatic nitrogens is 1. The van der Waals surface area contributed by atoms with Crippen LogP contribution in [0, 0.1) is 0 Å². The first-order valence-electron chi connectivity index (χ1n) is 5.28. The van der Waals surface area contributed by atoms with Gasteiger partial charge in [0.1, 0.15) is 10.8 Å². The number of nitrogens with one attached hydrogen (secondary N) is 1. The van der Waals surface area contributed by atoms with Gasteiger partial charge in [0.2, 0.25) is 0 Å². The number of hydrogen-bond donors (Lipinski definition) is 1. The number of nitrogens with zero attached hydrogens (tertiary/aromatic N) is 1. The molecule has 3 nitrogen and oxygen atoms in total. The van der Waals surface area contributed by atoms with Crippen molar-refractivity contribution in [3.63, 3.8) is 0 Å². The summed E-state index contributed by atoms with van der Waals surface area (Å²) in [5.41, 5.74) is 0.126. The molecule has 0 saturated heterocycles. The molecule has 0 fully saturated rings. The summed E-state index contributed by atoms with van der Waals surface area (Å²) in [5.74, 6) is -0.648. The Morgan fingerprint density at radius 2 is 1.57 bits per heavy atom. The van der Waals surface area contributed by atoms with E-state index in [-0.39, 0.29) is 30.9 Å². The highest BCUT2D eigenvalue weighted by atomic mass is 35.5. The smallest absolute Gasteiger partial charge is 0.275 e. The van der Waals surface area contributed by atoms with Crippen LogP contribution in [0.2, 0.25) is 30.3 Å². The van der Waals surface area contributed by atoms with Crippen molar-refractivity contribution in [2.24, 2.45) is 0 Å². The van der Waals surface area contributed by atoms with Crippen LogP contribution in [0.4, 0.5) is 5.69 Å². The number of amides is 1. The van der Waals surface area contributed by atoms with Gasteiger partial charge >= 0.3 is 0 Å². The molecule has 1 amide bonds. The van der Waals surface area contributed by atoms with E-state index in [2.05, 4.69) is 10.3 Å². The maximum atomic E-state index is 12.2. The molecule has 9 heteroatoms. The fourth-order valence-electron chi connectivity index (χ4n) is 1.42. The maximum absolute atomic E-state index is 12.2. The Bertz CT molecular complexity index is 734. The lowest BCUT2D eigenvalue weighted by Crippen LogP contribution is -2.15. The molecule has 0 spiro atoms. The predicted molar refractivity (Wildman–Crippen MR) is 88.7 cm³/mol. The molecular weight excluding hydrogens is 401 g/mol. The number of rotatable bonds is 2. The van der Waals surface area contributed by atoms with Crippen molar-refractivity contribution < 1.29 is 4.79 Å². The van der Waals surface area contributed by atoms with Gasteiger partial charge < -0.3 is 5.32 Å². The second-order valence-electron chi connectivity index (χ2n) is 3.75. The molecule has 2 rings (SSSR count). The van der Waals surface area contributed by atoms with Gasteiger partial charge in [-0.3, -0.25) is 4.79 Å². The Kier molecular flexibility index (Phi) is 5.47. The second kappa shape index (κ2) is 6.78. The monoisotopic (exact) mass is 402 g/mol. The summed E-state index contributed by atoms with van der Waals surface area (Å²) < 4.78 is 0. The van der Waals surface area contributed by atoms with Crippen LogP contribution in [-0.2, 0) is 0 Å². The summed E-state index contributed by atoms with van der Waals surface area (Å²) in [6.07, 6.45) is 0. The zero-order valence-corrected chi connectivity index (χ0v) is 14.4. The minimum atomic E-state index is -0.648. The van der Waals surface area contributed by atoms with Gasteiger partial charge in [-0.25, -0.2) is 4.98 Å². The zero-order chi connectivity index (χ0) is 15.7. The molecular formula is C12H4Cl6N2O. The third kappa shape index (κ3) is 3.50. The van der Waals surface area contributed by atoms with E-state index in [4.69, 9.17) is 69.6 Å². The molecule has 0 atom stereocenters. The van der Waals surface area contributed by atoms with E-state index < -0.39 is 5.91 Å². The number of benzene rings is 1. The van der Waals surface area contributed by atoms with Crippen molar-refractivity contribution in [1.29, 1.82) is 0 Å². The number of carbonyl (C=O) groups excluding carboxylic acids is 1. The molecule has 0 saturated carbocycles. The average Bonchev–Trinajstić information content (AvgIpc) is 2.45. The van der Waals surface area contributed by atoms with Crippen LogP contribution in [-0.4, -0.2) is 10.9 Å². The molecule has 0 aliphatic rings. The van der Waals surface area contributed by atoms with Crippen molar-refractivity contribution in [2.75, 3.05) is 5.32 Å². The van der Waals surface area contributed by atoms with Gasteiger partial charge in [0.05, 0.1) is 30.8 Å². The first-order valence-corrected chi connectivity index (χ1v) is 7.55. The van der Waals surface area contributed by atoms with Gasteiger partial charge in [0, 0.05) is 0 Å². The first-order chi connectivity index (χ1) is 9.82. The molecule has 0 unspecified atom stereocenters. The van der Waals surface area contributed by atoms with Gasteiger partial charge in [-0.2, -0.15) is 0 Å². The van der Waals surface area contributed by atoms with E-state index in [9.17, 15) is 4.79 Å². The van der Waals surface area contributed by atoms with Crippen molar-refractivity contribution in [1.82, 2.24) is 4.98 Å². The molecule has 21 heavy (non-hydrogen) atoms. The van der Waals surface area contributed by atoms with E-state index in [0.717, 1.165) is 0 Å². The molecule has 1 aromatic carbocycles. The maximum Gasteiger partial charge on any atom is 0.275 e. The summed E-state index contributed by atoms with van der Waals surface area (Å²) in [7, 11) is 0. The van der Waals surface area contributed by atoms with Crippen LogP contribution < -0.4 is 5.32 Å². The van der Waals surface area contributed by atoms with E-state index >= 15 is 0 Å². The summed E-state index contributed by atoms with van der Waals surface area (Å²) in [4.78, 5) is 16.0. The number of pyridine rings is 1. The standard InChI is InChI=1S/C12H4Cl6N2O/c13-4-2-1-3-5(6(4)14)19-12(21)10-8(16)7(15)9(17)11(18)20-10/h1-3H,(H,19,21). The Balaban J connectivity index is 2.40. The number of anilines is 1. The lowest BCUT2D eigenvalue weighted by Gasteiger charge is -2.10. The third-order valence-corrected chi connectivity index (χ3v) is 4.90. The van der Waals surface area contributed by atoms with E-state index in [1.165, 1.54) is 0 Å². The lowest BCUT2D eigenvalue weighted by atomic mass is 10.3. The van der Waals surface area contributed by atoms with Gasteiger partial charge in [-0.15, -0.1) is 0 Å². The molecule has 0 aliphatic heterocycles. The molecule has 2 aromatic rings. The molecule has 1 heterocycles. The van der Waals surface area contributed by atoms with Crippen LogP contribution in [0.25, 0.3) is 0 Å². The van der Waals surface area contributed by atoms with Gasteiger partial charge in [-0.1, -0.05) is 75.7 Å². The highest BCUT2D eigenvalue weighted by Crippen LogP contribution is 2.37. The minimum absolute atomic E-state index is 0.0272. The normalized spacial score (nSPS) is 10.6. The predicted octanol–water partition coefficient (Wildman–Crippen LogP) is 6.25. The SMILES string of the molecule is O=C(Nc1cccc(Cl)c1Cl)c1nc(Cl)c(Cl)c(Cl)c1Cl. The molecule has 0 radical (unpaired) electrons. The van der Waals surface area contributed by atoms with E-state index in [0.29, 0.717) is 10.7 Å². The minimum Gasteiger partial charge on any atom is -0.319 e. The van der Waals surface area contributed by atoms with Gasteiger partial charge in [0.15, 0.2) is 0 Å².